The van der Waals surface area contributed by atoms with Crippen molar-refractivity contribution in [1.29, 1.82) is 0 Å². The fraction of sp³-hybridized carbons (Fsp3) is 0.933. The molecule has 3 rings (SSSR count). The number of rotatable bonds is 4. The molecular formula is C15H26N2O2. The summed E-state index contributed by atoms with van der Waals surface area (Å²) in [6.07, 6.45) is 4.88. The molecule has 0 aromatic heterocycles. The van der Waals surface area contributed by atoms with Gasteiger partial charge in [0, 0.05) is 38.1 Å². The van der Waals surface area contributed by atoms with Gasteiger partial charge in [0.25, 0.3) is 0 Å². The standard InChI is InChI=1S/C15H26N2O2/c1-2-11(10-18)16-6-8-17(9-7-16)15(19)14-12-4-3-5-13(12)14/h11-14,18H,2-10H2,1H3. The first-order chi connectivity index (χ1) is 9.26. The average Bonchev–Trinajstić information content (AvgIpc) is 2.92. The zero-order valence-electron chi connectivity index (χ0n) is 11.9. The molecule has 4 nitrogen and oxygen atoms in total. The summed E-state index contributed by atoms with van der Waals surface area (Å²) in [6.45, 7) is 5.90. The van der Waals surface area contributed by atoms with Crippen molar-refractivity contribution in [1.82, 2.24) is 9.80 Å². The van der Waals surface area contributed by atoms with Crippen LogP contribution >= 0.6 is 0 Å². The molecule has 1 heterocycles. The quantitative estimate of drug-likeness (QED) is 0.824. The van der Waals surface area contributed by atoms with Crippen LogP contribution in [0.25, 0.3) is 0 Å². The van der Waals surface area contributed by atoms with E-state index in [9.17, 15) is 9.90 Å². The van der Waals surface area contributed by atoms with E-state index in [0.717, 1.165) is 44.4 Å². The van der Waals surface area contributed by atoms with Crippen LogP contribution < -0.4 is 0 Å². The molecule has 1 N–H and O–H groups in total. The second-order valence-electron chi connectivity index (χ2n) is 6.39. The molecule has 2 aliphatic carbocycles. The van der Waals surface area contributed by atoms with Crippen molar-refractivity contribution in [3.05, 3.63) is 0 Å². The monoisotopic (exact) mass is 266 g/mol. The van der Waals surface area contributed by atoms with Gasteiger partial charge in [-0.2, -0.15) is 0 Å². The normalized spacial score (nSPS) is 36.1. The van der Waals surface area contributed by atoms with Crippen LogP contribution in [0.4, 0.5) is 0 Å². The van der Waals surface area contributed by atoms with E-state index in [1.807, 2.05) is 0 Å². The summed E-state index contributed by atoms with van der Waals surface area (Å²) in [6, 6.07) is 0.276. The molecule has 1 saturated heterocycles. The van der Waals surface area contributed by atoms with Gasteiger partial charge in [-0.1, -0.05) is 13.3 Å². The van der Waals surface area contributed by atoms with Crippen molar-refractivity contribution < 1.29 is 9.90 Å². The predicted octanol–water partition coefficient (Wildman–Crippen LogP) is 0.948. The first-order valence-electron chi connectivity index (χ1n) is 7.90. The lowest BCUT2D eigenvalue weighted by atomic mass is 10.1. The van der Waals surface area contributed by atoms with E-state index in [-0.39, 0.29) is 12.6 Å². The number of nitrogens with zero attached hydrogens (tertiary/aromatic N) is 2. The molecule has 1 aliphatic heterocycles. The SMILES string of the molecule is CCC(CO)N1CCN(C(=O)C2C3CCCC32)CC1. The van der Waals surface area contributed by atoms with Crippen LogP contribution in [-0.4, -0.2) is 59.6 Å². The highest BCUT2D eigenvalue weighted by atomic mass is 16.3. The molecule has 108 valence electrons. The van der Waals surface area contributed by atoms with Crippen molar-refractivity contribution in [2.75, 3.05) is 32.8 Å². The molecule has 3 aliphatic rings. The molecule has 19 heavy (non-hydrogen) atoms. The maximum Gasteiger partial charge on any atom is 0.226 e. The highest BCUT2D eigenvalue weighted by Gasteiger charge is 2.57. The number of hydrogen-bond acceptors (Lipinski definition) is 3. The Balaban J connectivity index is 1.49. The van der Waals surface area contributed by atoms with Crippen LogP contribution in [-0.2, 0) is 4.79 Å². The Labute approximate surface area is 115 Å². The van der Waals surface area contributed by atoms with Crippen molar-refractivity contribution in [2.24, 2.45) is 17.8 Å². The van der Waals surface area contributed by atoms with E-state index in [0.29, 0.717) is 11.8 Å². The molecule has 1 amide bonds. The number of fused-ring (bicyclic) bond motifs is 1. The van der Waals surface area contributed by atoms with Gasteiger partial charge < -0.3 is 10.0 Å². The summed E-state index contributed by atoms with van der Waals surface area (Å²) < 4.78 is 0. The van der Waals surface area contributed by atoms with Gasteiger partial charge in [-0.3, -0.25) is 9.69 Å². The van der Waals surface area contributed by atoms with Crippen LogP contribution in [0.1, 0.15) is 32.6 Å². The van der Waals surface area contributed by atoms with Gasteiger partial charge in [-0.05, 0) is 31.1 Å². The summed E-state index contributed by atoms with van der Waals surface area (Å²) >= 11 is 0. The molecule has 0 spiro atoms. The van der Waals surface area contributed by atoms with Crippen LogP contribution in [0.3, 0.4) is 0 Å². The lowest BCUT2D eigenvalue weighted by molar-refractivity contribution is -0.135. The Morgan fingerprint density at radius 3 is 2.37 bits per heavy atom. The van der Waals surface area contributed by atoms with E-state index in [1.54, 1.807) is 0 Å². The molecule has 4 heteroatoms. The first-order valence-corrected chi connectivity index (χ1v) is 7.90. The number of amides is 1. The maximum absolute atomic E-state index is 12.4. The summed E-state index contributed by atoms with van der Waals surface area (Å²) in [5, 5.41) is 9.34. The van der Waals surface area contributed by atoms with Gasteiger partial charge in [-0.15, -0.1) is 0 Å². The van der Waals surface area contributed by atoms with E-state index in [2.05, 4.69) is 16.7 Å². The minimum atomic E-state index is 0.233. The number of hydrogen-bond donors (Lipinski definition) is 1. The Bertz CT molecular complexity index is 325. The number of aliphatic hydroxyl groups is 1. The number of carbonyl (C=O) groups is 1. The smallest absolute Gasteiger partial charge is 0.226 e. The first kappa shape index (κ1) is 13.4. The second kappa shape index (κ2) is 5.41. The van der Waals surface area contributed by atoms with Crippen molar-refractivity contribution in [2.45, 2.75) is 38.6 Å². The molecule has 0 aromatic rings. The summed E-state index contributed by atoms with van der Waals surface area (Å²) in [7, 11) is 0. The van der Waals surface area contributed by atoms with Gasteiger partial charge in [0.15, 0.2) is 0 Å². The molecule has 3 unspecified atom stereocenters. The van der Waals surface area contributed by atoms with E-state index in [1.165, 1.54) is 19.3 Å². The molecule has 3 atom stereocenters. The average molecular weight is 266 g/mol. The van der Waals surface area contributed by atoms with E-state index >= 15 is 0 Å². The van der Waals surface area contributed by atoms with Crippen molar-refractivity contribution in [3.8, 4) is 0 Å². The fourth-order valence-electron chi connectivity index (χ4n) is 4.21. The third-order valence-corrected chi connectivity index (χ3v) is 5.52. The third-order valence-electron chi connectivity index (χ3n) is 5.52. The van der Waals surface area contributed by atoms with E-state index < -0.39 is 0 Å². The fourth-order valence-corrected chi connectivity index (χ4v) is 4.21. The minimum absolute atomic E-state index is 0.233. The largest absolute Gasteiger partial charge is 0.395 e. The summed E-state index contributed by atoms with van der Waals surface area (Å²) in [4.78, 5) is 16.9. The Kier molecular flexibility index (Phi) is 3.81. The minimum Gasteiger partial charge on any atom is -0.395 e. The highest BCUT2D eigenvalue weighted by molar-refractivity contribution is 5.82. The van der Waals surface area contributed by atoms with Crippen LogP contribution in [0.15, 0.2) is 0 Å². The third kappa shape index (κ3) is 2.40. The van der Waals surface area contributed by atoms with Gasteiger partial charge in [-0.25, -0.2) is 0 Å². The van der Waals surface area contributed by atoms with Crippen LogP contribution in [0, 0.1) is 17.8 Å². The van der Waals surface area contributed by atoms with Crippen LogP contribution in [0.5, 0.6) is 0 Å². The van der Waals surface area contributed by atoms with Crippen molar-refractivity contribution in [3.63, 3.8) is 0 Å². The molecular weight excluding hydrogens is 240 g/mol. The van der Waals surface area contributed by atoms with Gasteiger partial charge >= 0.3 is 0 Å². The number of aliphatic hydroxyl groups excluding tert-OH is 1. The number of piperazine rings is 1. The molecule has 0 bridgehead atoms. The van der Waals surface area contributed by atoms with E-state index in [4.69, 9.17) is 0 Å². The number of carbonyl (C=O) groups excluding carboxylic acids is 1. The molecule has 3 fully saturated rings. The highest BCUT2D eigenvalue weighted by Crippen LogP contribution is 2.58. The zero-order chi connectivity index (χ0) is 13.4. The summed E-state index contributed by atoms with van der Waals surface area (Å²) in [5.41, 5.74) is 0. The predicted molar refractivity (Wildman–Crippen MR) is 73.6 cm³/mol. The molecule has 0 aromatic carbocycles. The van der Waals surface area contributed by atoms with Crippen LogP contribution in [0.2, 0.25) is 0 Å². The lowest BCUT2D eigenvalue weighted by Crippen LogP contribution is -2.53. The molecule has 0 radical (unpaired) electrons. The topological polar surface area (TPSA) is 43.8 Å². The second-order valence-corrected chi connectivity index (χ2v) is 6.39. The van der Waals surface area contributed by atoms with Gasteiger partial charge in [0.1, 0.15) is 0 Å². The summed E-state index contributed by atoms with van der Waals surface area (Å²) in [5.74, 6) is 2.25. The van der Waals surface area contributed by atoms with Gasteiger partial charge in [0.05, 0.1) is 6.61 Å². The van der Waals surface area contributed by atoms with Crippen molar-refractivity contribution >= 4 is 5.91 Å². The Morgan fingerprint density at radius 2 is 1.84 bits per heavy atom. The maximum atomic E-state index is 12.4. The lowest BCUT2D eigenvalue weighted by Gasteiger charge is -2.38. The van der Waals surface area contributed by atoms with Gasteiger partial charge in [0.2, 0.25) is 5.91 Å². The Hall–Kier alpha value is -0.610. The molecule has 2 saturated carbocycles. The zero-order valence-corrected chi connectivity index (χ0v) is 11.9. The Morgan fingerprint density at radius 1 is 1.21 bits per heavy atom.